The number of nitrogens with two attached hydrogens (primary N) is 1. The lowest BCUT2D eigenvalue weighted by atomic mass is 9.91. The second-order valence-electron chi connectivity index (χ2n) is 9.27. The van der Waals surface area contributed by atoms with Crippen molar-refractivity contribution in [3.63, 3.8) is 0 Å². The summed E-state index contributed by atoms with van der Waals surface area (Å²) in [5, 5.41) is 0. The normalized spacial score (nSPS) is 23.2. The predicted octanol–water partition coefficient (Wildman–Crippen LogP) is 3.99. The topological polar surface area (TPSA) is 80.4 Å². The highest BCUT2D eigenvalue weighted by Gasteiger charge is 2.33. The number of anilines is 1. The van der Waals surface area contributed by atoms with Gasteiger partial charge in [0.2, 0.25) is 0 Å². The number of hydrogen-bond acceptors (Lipinski definition) is 6. The number of methoxy groups -OCH3 is 1. The maximum absolute atomic E-state index is 12.5. The van der Waals surface area contributed by atoms with Crippen molar-refractivity contribution in [3.05, 3.63) is 29.5 Å². The molecular formula is C25H36N4O3. The van der Waals surface area contributed by atoms with Gasteiger partial charge in [-0.05, 0) is 84.1 Å². The number of benzene rings is 1. The summed E-state index contributed by atoms with van der Waals surface area (Å²) < 4.78 is 11.6. The lowest BCUT2D eigenvalue weighted by molar-refractivity contribution is 0.118. The highest BCUT2D eigenvalue weighted by Crippen LogP contribution is 2.43. The first-order valence-corrected chi connectivity index (χ1v) is 11.9. The van der Waals surface area contributed by atoms with Gasteiger partial charge < -0.3 is 20.1 Å². The van der Waals surface area contributed by atoms with Gasteiger partial charge in [-0.15, -0.1) is 0 Å². The van der Waals surface area contributed by atoms with E-state index in [-0.39, 0.29) is 18.2 Å². The largest absolute Gasteiger partial charge is 0.489 e. The number of likely N-dealkylation sites (tertiary alicyclic amines) is 1. The molecule has 3 aliphatic rings. The monoisotopic (exact) mass is 440 g/mol. The molecular weight excluding hydrogens is 404 g/mol. The number of amides is 1. The fraction of sp³-hybridized carbons (Fsp3) is 0.600. The van der Waals surface area contributed by atoms with E-state index in [0.717, 1.165) is 79.8 Å². The Balaban J connectivity index is 1.68. The van der Waals surface area contributed by atoms with E-state index >= 15 is 0 Å². The molecule has 1 atom stereocenters. The first-order chi connectivity index (χ1) is 15.5. The van der Waals surface area contributed by atoms with Crippen LogP contribution in [0.5, 0.6) is 5.75 Å². The number of ether oxygens (including phenoxy) is 2. The van der Waals surface area contributed by atoms with E-state index in [2.05, 4.69) is 18.9 Å². The van der Waals surface area contributed by atoms with Crippen molar-refractivity contribution >= 4 is 23.6 Å². The fourth-order valence-electron chi connectivity index (χ4n) is 4.73. The first kappa shape index (κ1) is 22.6. The third-order valence-corrected chi connectivity index (χ3v) is 7.06. The number of rotatable bonds is 5. The van der Waals surface area contributed by atoms with Crippen molar-refractivity contribution in [1.29, 1.82) is 0 Å². The first-order valence-electron chi connectivity index (χ1n) is 11.9. The average Bonchev–Trinajstić information content (AvgIpc) is 2.77. The van der Waals surface area contributed by atoms with Gasteiger partial charge >= 0.3 is 6.09 Å². The maximum atomic E-state index is 12.5. The molecule has 0 spiro atoms. The van der Waals surface area contributed by atoms with Crippen LogP contribution >= 0.6 is 0 Å². The SMILES string of the molecule is COC(=O)N1c2ccc(C(C=NC3CCN(C)CC3)=CN)c(OC3CCC3)c2CC[C@@H]1C. The van der Waals surface area contributed by atoms with Crippen LogP contribution in [0.4, 0.5) is 10.5 Å². The van der Waals surface area contributed by atoms with Gasteiger partial charge in [-0.2, -0.15) is 0 Å². The number of aliphatic imine (C=N–C) groups is 1. The van der Waals surface area contributed by atoms with Crippen LogP contribution in [0.1, 0.15) is 56.6 Å². The summed E-state index contributed by atoms with van der Waals surface area (Å²) in [5.74, 6) is 0.847. The van der Waals surface area contributed by atoms with Crippen molar-refractivity contribution in [2.45, 2.75) is 70.1 Å². The molecule has 0 radical (unpaired) electrons. The summed E-state index contributed by atoms with van der Waals surface area (Å²) in [6.45, 7) is 4.19. The van der Waals surface area contributed by atoms with Crippen LogP contribution in [0.25, 0.3) is 5.57 Å². The highest BCUT2D eigenvalue weighted by molar-refractivity contribution is 6.11. The highest BCUT2D eigenvalue weighted by atomic mass is 16.5. The molecule has 174 valence electrons. The molecule has 1 amide bonds. The van der Waals surface area contributed by atoms with Gasteiger partial charge in [-0.25, -0.2) is 4.79 Å². The Hall–Kier alpha value is -2.54. The van der Waals surface area contributed by atoms with Gasteiger partial charge in [0, 0.05) is 35.2 Å². The summed E-state index contributed by atoms with van der Waals surface area (Å²) in [6, 6.07) is 4.41. The molecule has 32 heavy (non-hydrogen) atoms. The second kappa shape index (κ2) is 9.94. The summed E-state index contributed by atoms with van der Waals surface area (Å²) in [4.78, 5) is 21.5. The molecule has 2 heterocycles. The molecule has 0 unspecified atom stereocenters. The third-order valence-electron chi connectivity index (χ3n) is 7.06. The minimum Gasteiger partial charge on any atom is -0.489 e. The number of carbonyl (C=O) groups excluding carboxylic acids is 1. The standard InChI is InChI=1S/C25H36N4O3/c1-17-7-8-22-23(29(17)25(30)31-3)10-9-21(24(22)32-20-5-4-6-20)18(15-26)16-27-19-11-13-28(2)14-12-19/h9-10,15-17,19-20H,4-8,11-14,26H2,1-3H3/t17-/m0/s1. The van der Waals surface area contributed by atoms with E-state index < -0.39 is 0 Å². The zero-order valence-electron chi connectivity index (χ0n) is 19.5. The minimum absolute atomic E-state index is 0.0767. The number of allylic oxidation sites excluding steroid dienone is 1. The van der Waals surface area contributed by atoms with Gasteiger partial charge in [0.25, 0.3) is 0 Å². The van der Waals surface area contributed by atoms with E-state index in [4.69, 9.17) is 20.2 Å². The molecule has 2 N–H and O–H groups in total. The van der Waals surface area contributed by atoms with E-state index in [0.29, 0.717) is 6.04 Å². The number of nitrogens with zero attached hydrogens (tertiary/aromatic N) is 3. The average molecular weight is 441 g/mol. The third kappa shape index (κ3) is 4.63. The molecule has 2 fully saturated rings. The number of hydrogen-bond donors (Lipinski definition) is 1. The van der Waals surface area contributed by atoms with Crippen molar-refractivity contribution in [2.24, 2.45) is 10.7 Å². The number of fused-ring (bicyclic) bond motifs is 1. The van der Waals surface area contributed by atoms with E-state index in [1.165, 1.54) is 13.5 Å². The number of carbonyl (C=O) groups is 1. The Morgan fingerprint density at radius 1 is 1.19 bits per heavy atom. The van der Waals surface area contributed by atoms with Crippen LogP contribution in [0, 0.1) is 0 Å². The van der Waals surface area contributed by atoms with Crippen LogP contribution in [0.15, 0.2) is 23.3 Å². The molecule has 1 saturated heterocycles. The van der Waals surface area contributed by atoms with E-state index in [1.54, 1.807) is 11.1 Å². The lowest BCUT2D eigenvalue weighted by Crippen LogP contribution is -2.42. The minimum atomic E-state index is -0.334. The van der Waals surface area contributed by atoms with Crippen LogP contribution in [-0.4, -0.2) is 62.6 Å². The van der Waals surface area contributed by atoms with Crippen molar-refractivity contribution in [3.8, 4) is 5.75 Å². The fourth-order valence-corrected chi connectivity index (χ4v) is 4.73. The molecule has 7 heteroatoms. The van der Waals surface area contributed by atoms with E-state index in [9.17, 15) is 4.79 Å². The van der Waals surface area contributed by atoms with Crippen molar-refractivity contribution in [1.82, 2.24) is 4.90 Å². The van der Waals surface area contributed by atoms with Crippen LogP contribution in [0.2, 0.25) is 0 Å². The Kier molecular flexibility index (Phi) is 7.04. The van der Waals surface area contributed by atoms with Gasteiger partial charge in [0.1, 0.15) is 5.75 Å². The molecule has 1 aromatic rings. The van der Waals surface area contributed by atoms with E-state index in [1.807, 2.05) is 18.3 Å². The molecule has 1 saturated carbocycles. The molecule has 1 aromatic carbocycles. The van der Waals surface area contributed by atoms with Gasteiger partial charge in [0.05, 0.1) is 24.9 Å². The Bertz CT molecular complexity index is 885. The summed E-state index contributed by atoms with van der Waals surface area (Å²) in [6.07, 6.45) is 10.6. The lowest BCUT2D eigenvalue weighted by Gasteiger charge is -2.37. The summed E-state index contributed by atoms with van der Waals surface area (Å²) >= 11 is 0. The molecule has 7 nitrogen and oxygen atoms in total. The van der Waals surface area contributed by atoms with Gasteiger partial charge in [-0.3, -0.25) is 9.89 Å². The second-order valence-corrected chi connectivity index (χ2v) is 9.27. The molecule has 1 aliphatic carbocycles. The van der Waals surface area contributed by atoms with Crippen molar-refractivity contribution < 1.29 is 14.3 Å². The Morgan fingerprint density at radius 2 is 1.94 bits per heavy atom. The van der Waals surface area contributed by atoms with Gasteiger partial charge in [-0.1, -0.05) is 0 Å². The Labute approximate surface area is 191 Å². The summed E-state index contributed by atoms with van der Waals surface area (Å²) in [5.41, 5.74) is 9.83. The predicted molar refractivity (Wildman–Crippen MR) is 129 cm³/mol. The quantitative estimate of drug-likeness (QED) is 0.700. The maximum Gasteiger partial charge on any atom is 0.414 e. The van der Waals surface area contributed by atoms with Crippen LogP contribution < -0.4 is 15.4 Å². The zero-order chi connectivity index (χ0) is 22.7. The molecule has 2 aliphatic heterocycles. The molecule has 0 bridgehead atoms. The summed E-state index contributed by atoms with van der Waals surface area (Å²) in [7, 11) is 3.58. The van der Waals surface area contributed by atoms with Gasteiger partial charge in [0.15, 0.2) is 0 Å². The smallest absolute Gasteiger partial charge is 0.414 e. The number of piperidine rings is 1. The Morgan fingerprint density at radius 3 is 2.56 bits per heavy atom. The molecule has 0 aromatic heterocycles. The van der Waals surface area contributed by atoms with Crippen molar-refractivity contribution in [2.75, 3.05) is 32.1 Å². The zero-order valence-corrected chi connectivity index (χ0v) is 19.5. The molecule has 4 rings (SSSR count). The van der Waals surface area contributed by atoms with Crippen LogP contribution in [0.3, 0.4) is 0 Å². The van der Waals surface area contributed by atoms with Crippen LogP contribution in [-0.2, 0) is 11.2 Å².